The summed E-state index contributed by atoms with van der Waals surface area (Å²) < 4.78 is 23.1. The number of piperidine rings is 1. The molecule has 1 atom stereocenters. The van der Waals surface area contributed by atoms with Crippen molar-refractivity contribution >= 4 is 0 Å². The molecule has 31 heavy (non-hydrogen) atoms. The Morgan fingerprint density at radius 2 is 2.13 bits per heavy atom. The van der Waals surface area contributed by atoms with Gasteiger partial charge in [0.2, 0.25) is 0 Å². The molecule has 1 unspecified atom stereocenters. The average Bonchev–Trinajstić information content (AvgIpc) is 3.27. The van der Waals surface area contributed by atoms with Gasteiger partial charge in [-0.3, -0.25) is 10.00 Å². The van der Waals surface area contributed by atoms with Crippen molar-refractivity contribution in [3.8, 4) is 17.0 Å². The standard InChI is InChI=1S/C24H35N3O4/c1-3-29-13-14-30-22-7-12-31-24(16-22)8-10-27(11-9-24)18-20-17-25-26-23(20)19-5-4-6-21(15-19)28-2/h4-6,15,17,22H,3,7-14,16,18H2,1-2H3,(H,25,26). The van der Waals surface area contributed by atoms with Crippen LogP contribution in [0.5, 0.6) is 5.75 Å². The van der Waals surface area contributed by atoms with E-state index in [1.54, 1.807) is 7.11 Å². The van der Waals surface area contributed by atoms with Crippen LogP contribution < -0.4 is 4.74 Å². The summed E-state index contributed by atoms with van der Waals surface area (Å²) in [5.41, 5.74) is 3.35. The summed E-state index contributed by atoms with van der Waals surface area (Å²) in [4.78, 5) is 2.50. The van der Waals surface area contributed by atoms with E-state index >= 15 is 0 Å². The molecular formula is C24H35N3O4. The van der Waals surface area contributed by atoms with Crippen LogP contribution in [0.2, 0.25) is 0 Å². The zero-order chi connectivity index (χ0) is 21.5. The van der Waals surface area contributed by atoms with Crippen LogP contribution >= 0.6 is 0 Å². The fourth-order valence-corrected chi connectivity index (χ4v) is 4.71. The summed E-state index contributed by atoms with van der Waals surface area (Å²) in [7, 11) is 1.69. The molecule has 2 aliphatic rings. The summed E-state index contributed by atoms with van der Waals surface area (Å²) in [5.74, 6) is 0.852. The molecule has 1 aromatic carbocycles. The molecule has 0 bridgehead atoms. The number of H-pyrrole nitrogens is 1. The molecule has 170 valence electrons. The normalized spacial score (nSPS) is 21.4. The first kappa shape index (κ1) is 22.3. The number of hydrogen-bond donors (Lipinski definition) is 1. The van der Waals surface area contributed by atoms with Gasteiger partial charge in [0.25, 0.3) is 0 Å². The van der Waals surface area contributed by atoms with E-state index in [0.717, 1.165) is 75.5 Å². The predicted molar refractivity (Wildman–Crippen MR) is 119 cm³/mol. The van der Waals surface area contributed by atoms with E-state index in [9.17, 15) is 0 Å². The van der Waals surface area contributed by atoms with Crippen LogP contribution in [0.25, 0.3) is 11.3 Å². The topological polar surface area (TPSA) is 68.8 Å². The number of rotatable bonds is 9. The lowest BCUT2D eigenvalue weighted by Crippen LogP contribution is -2.50. The van der Waals surface area contributed by atoms with Gasteiger partial charge in [0.15, 0.2) is 0 Å². The highest BCUT2D eigenvalue weighted by molar-refractivity contribution is 5.64. The third-order valence-corrected chi connectivity index (χ3v) is 6.47. The molecule has 0 amide bonds. The molecule has 2 saturated heterocycles. The van der Waals surface area contributed by atoms with Crippen LogP contribution in [0.4, 0.5) is 0 Å². The SMILES string of the molecule is CCOCCOC1CCOC2(CCN(Cc3cn[nH]c3-c3cccc(OC)c3)CC2)C1. The van der Waals surface area contributed by atoms with Gasteiger partial charge >= 0.3 is 0 Å². The van der Waals surface area contributed by atoms with Crippen LogP contribution in [0.1, 0.15) is 38.2 Å². The maximum Gasteiger partial charge on any atom is 0.119 e. The molecule has 7 heteroatoms. The van der Waals surface area contributed by atoms with Gasteiger partial charge < -0.3 is 18.9 Å². The molecule has 4 rings (SSSR count). The van der Waals surface area contributed by atoms with Crippen molar-refractivity contribution in [2.45, 2.75) is 50.9 Å². The van der Waals surface area contributed by atoms with Crippen molar-refractivity contribution in [3.63, 3.8) is 0 Å². The molecule has 1 aromatic heterocycles. The van der Waals surface area contributed by atoms with Crippen molar-refractivity contribution in [2.75, 3.05) is 46.6 Å². The number of benzene rings is 1. The van der Waals surface area contributed by atoms with Crippen LogP contribution in [-0.2, 0) is 20.8 Å². The maximum atomic E-state index is 6.30. The summed E-state index contributed by atoms with van der Waals surface area (Å²) >= 11 is 0. The third-order valence-electron chi connectivity index (χ3n) is 6.47. The molecule has 1 spiro atoms. The first-order valence-corrected chi connectivity index (χ1v) is 11.4. The minimum atomic E-state index is -0.0307. The van der Waals surface area contributed by atoms with Crippen molar-refractivity contribution in [2.24, 2.45) is 0 Å². The van der Waals surface area contributed by atoms with Crippen LogP contribution in [-0.4, -0.2) is 73.4 Å². The second kappa shape index (κ2) is 10.6. The lowest BCUT2D eigenvalue weighted by Gasteiger charge is -2.46. The predicted octanol–water partition coefficient (Wildman–Crippen LogP) is 3.65. The first-order chi connectivity index (χ1) is 15.2. The van der Waals surface area contributed by atoms with E-state index in [1.165, 1.54) is 5.56 Å². The Morgan fingerprint density at radius 3 is 2.94 bits per heavy atom. The van der Waals surface area contributed by atoms with E-state index in [4.69, 9.17) is 18.9 Å². The molecule has 2 aliphatic heterocycles. The zero-order valence-corrected chi connectivity index (χ0v) is 18.8. The van der Waals surface area contributed by atoms with E-state index in [0.29, 0.717) is 13.2 Å². The lowest BCUT2D eigenvalue weighted by atomic mass is 9.83. The van der Waals surface area contributed by atoms with Crippen molar-refractivity contribution in [1.82, 2.24) is 15.1 Å². The molecule has 0 saturated carbocycles. The van der Waals surface area contributed by atoms with Crippen LogP contribution in [0.15, 0.2) is 30.5 Å². The van der Waals surface area contributed by atoms with Gasteiger partial charge in [-0.25, -0.2) is 0 Å². The van der Waals surface area contributed by atoms with Crippen LogP contribution in [0.3, 0.4) is 0 Å². The number of likely N-dealkylation sites (tertiary alicyclic amines) is 1. The van der Waals surface area contributed by atoms with Gasteiger partial charge in [-0.05, 0) is 38.3 Å². The monoisotopic (exact) mass is 429 g/mol. The Hall–Kier alpha value is -1.93. The summed E-state index contributed by atoms with van der Waals surface area (Å²) in [6.45, 7) is 7.83. The zero-order valence-electron chi connectivity index (χ0n) is 18.8. The molecule has 1 N–H and O–H groups in total. The molecule has 2 aromatic rings. The summed E-state index contributed by atoms with van der Waals surface area (Å²) in [6.07, 6.45) is 6.30. The average molecular weight is 430 g/mol. The number of aromatic nitrogens is 2. The molecular weight excluding hydrogens is 394 g/mol. The Bertz CT molecular complexity index is 817. The highest BCUT2D eigenvalue weighted by Gasteiger charge is 2.40. The Morgan fingerprint density at radius 1 is 1.26 bits per heavy atom. The van der Waals surface area contributed by atoms with E-state index in [2.05, 4.69) is 21.2 Å². The van der Waals surface area contributed by atoms with Gasteiger partial charge in [-0.15, -0.1) is 0 Å². The van der Waals surface area contributed by atoms with Crippen LogP contribution in [0, 0.1) is 0 Å². The minimum absolute atomic E-state index is 0.0307. The van der Waals surface area contributed by atoms with Crippen molar-refractivity contribution in [1.29, 1.82) is 0 Å². The Kier molecular flexibility index (Phi) is 7.61. The number of nitrogens with one attached hydrogen (secondary N) is 1. The Labute approximate surface area is 185 Å². The second-order valence-corrected chi connectivity index (χ2v) is 8.49. The molecule has 3 heterocycles. The fourth-order valence-electron chi connectivity index (χ4n) is 4.71. The van der Waals surface area contributed by atoms with E-state index < -0.39 is 0 Å². The quantitative estimate of drug-likeness (QED) is 0.614. The number of nitrogens with zero attached hydrogens (tertiary/aromatic N) is 2. The van der Waals surface area contributed by atoms with E-state index in [1.807, 2.05) is 31.3 Å². The van der Waals surface area contributed by atoms with Gasteiger partial charge in [0.05, 0.1) is 43.9 Å². The lowest BCUT2D eigenvalue weighted by molar-refractivity contribution is -0.158. The molecule has 0 aliphatic carbocycles. The fraction of sp³-hybridized carbons (Fsp3) is 0.625. The first-order valence-electron chi connectivity index (χ1n) is 11.4. The number of methoxy groups -OCH3 is 1. The minimum Gasteiger partial charge on any atom is -0.497 e. The number of ether oxygens (including phenoxy) is 4. The summed E-state index contributed by atoms with van der Waals surface area (Å²) in [6, 6.07) is 8.11. The highest BCUT2D eigenvalue weighted by Crippen LogP contribution is 2.37. The third kappa shape index (κ3) is 5.66. The Balaban J connectivity index is 1.31. The summed E-state index contributed by atoms with van der Waals surface area (Å²) in [5, 5.41) is 7.48. The van der Waals surface area contributed by atoms with Crippen molar-refractivity contribution < 1.29 is 18.9 Å². The number of hydrogen-bond acceptors (Lipinski definition) is 6. The smallest absolute Gasteiger partial charge is 0.119 e. The molecule has 7 nitrogen and oxygen atoms in total. The maximum absolute atomic E-state index is 6.30. The van der Waals surface area contributed by atoms with Gasteiger partial charge in [0, 0.05) is 50.4 Å². The number of aromatic amines is 1. The molecule has 2 fully saturated rings. The second-order valence-electron chi connectivity index (χ2n) is 8.49. The van der Waals surface area contributed by atoms with Gasteiger partial charge in [-0.2, -0.15) is 5.10 Å². The largest absolute Gasteiger partial charge is 0.497 e. The van der Waals surface area contributed by atoms with Gasteiger partial charge in [0.1, 0.15) is 5.75 Å². The van der Waals surface area contributed by atoms with E-state index in [-0.39, 0.29) is 11.7 Å². The van der Waals surface area contributed by atoms with Gasteiger partial charge in [-0.1, -0.05) is 12.1 Å². The molecule has 0 radical (unpaired) electrons. The van der Waals surface area contributed by atoms with Crippen molar-refractivity contribution in [3.05, 3.63) is 36.0 Å². The highest BCUT2D eigenvalue weighted by atomic mass is 16.5.